The van der Waals surface area contributed by atoms with E-state index >= 15 is 0 Å². The molecule has 6 heteroatoms. The highest BCUT2D eigenvalue weighted by molar-refractivity contribution is 9.10. The van der Waals surface area contributed by atoms with E-state index in [0.29, 0.717) is 25.0 Å². The van der Waals surface area contributed by atoms with Gasteiger partial charge in [0.05, 0.1) is 12.1 Å². The van der Waals surface area contributed by atoms with Crippen LogP contribution < -0.4 is 4.74 Å². The molecule has 0 atom stereocenters. The van der Waals surface area contributed by atoms with E-state index in [-0.39, 0.29) is 11.6 Å². The number of para-hydroxylation sites is 1. The maximum atomic E-state index is 11.1. The summed E-state index contributed by atoms with van der Waals surface area (Å²) >= 11 is 3.42. The smallest absolute Gasteiger partial charge is 0.222 e. The van der Waals surface area contributed by atoms with Gasteiger partial charge in [0.25, 0.3) is 0 Å². The van der Waals surface area contributed by atoms with Crippen molar-refractivity contribution in [1.82, 2.24) is 4.57 Å². The molecule has 0 radical (unpaired) electrons. The second-order valence-electron chi connectivity index (χ2n) is 5.55. The lowest BCUT2D eigenvalue weighted by molar-refractivity contribution is 0.298. The van der Waals surface area contributed by atoms with Gasteiger partial charge in [-0.05, 0) is 48.4 Å². The number of fused-ring (bicyclic) bond motifs is 1. The highest BCUT2D eigenvalue weighted by atomic mass is 79.9. The van der Waals surface area contributed by atoms with Gasteiger partial charge in [0.15, 0.2) is 5.69 Å². The minimum Gasteiger partial charge on any atom is -0.494 e. The zero-order valence-corrected chi connectivity index (χ0v) is 14.8. The first-order valence-electron chi connectivity index (χ1n) is 7.64. The van der Waals surface area contributed by atoms with Crippen LogP contribution in [0.1, 0.15) is 12.0 Å². The molecule has 3 rings (SSSR count). The van der Waals surface area contributed by atoms with Crippen LogP contribution in [0, 0.1) is 11.8 Å². The number of benzene rings is 2. The van der Waals surface area contributed by atoms with E-state index in [1.54, 1.807) is 10.6 Å². The van der Waals surface area contributed by atoms with Crippen LogP contribution in [0.4, 0.5) is 5.69 Å². The summed E-state index contributed by atoms with van der Waals surface area (Å²) in [5, 5.41) is 14.0. The van der Waals surface area contributed by atoms with Crippen molar-refractivity contribution in [3.05, 3.63) is 57.4 Å². The van der Waals surface area contributed by atoms with Crippen molar-refractivity contribution in [2.75, 3.05) is 6.61 Å². The molecular weight excluding hydrogens is 372 g/mol. The third-order valence-electron chi connectivity index (χ3n) is 3.89. The van der Waals surface area contributed by atoms with E-state index in [2.05, 4.69) is 21.1 Å². The van der Waals surface area contributed by atoms with Gasteiger partial charge in [0.2, 0.25) is 5.88 Å². The number of aromatic hydroxyl groups is 1. The first-order chi connectivity index (χ1) is 11.6. The fourth-order valence-corrected chi connectivity index (χ4v) is 3.44. The quantitative estimate of drug-likeness (QED) is 0.461. The molecule has 0 unspecified atom stereocenters. The number of rotatable bonds is 6. The molecule has 0 fully saturated rings. The molecular formula is C18H17BrN2O3. The SMILES string of the molecule is Cc1cc(Br)cc2c(N=O)c(O)n(CCCOc3ccccc3)c12. The standard InChI is InChI=1S/C18H17BrN2O3/c1-12-10-13(19)11-15-16(20-23)18(22)21(17(12)15)8-5-9-24-14-6-3-2-4-7-14/h2-4,6-7,10-11,22H,5,8-9H2,1H3. The molecule has 2 aromatic carbocycles. The van der Waals surface area contributed by atoms with Crippen molar-refractivity contribution < 1.29 is 9.84 Å². The van der Waals surface area contributed by atoms with Gasteiger partial charge in [0.1, 0.15) is 5.75 Å². The molecule has 0 aliphatic rings. The van der Waals surface area contributed by atoms with Gasteiger partial charge in [-0.25, -0.2) is 0 Å². The Kier molecular flexibility index (Phi) is 4.85. The molecule has 1 heterocycles. The Bertz CT molecular complexity index is 875. The average molecular weight is 389 g/mol. The molecule has 0 saturated carbocycles. The van der Waals surface area contributed by atoms with Crippen LogP contribution in [0.15, 0.2) is 52.1 Å². The van der Waals surface area contributed by atoms with Gasteiger partial charge in [-0.2, -0.15) is 0 Å². The van der Waals surface area contributed by atoms with Crippen molar-refractivity contribution in [3.8, 4) is 11.6 Å². The minimum absolute atomic E-state index is 0.0818. The molecule has 124 valence electrons. The lowest BCUT2D eigenvalue weighted by Gasteiger charge is -2.10. The van der Waals surface area contributed by atoms with Gasteiger partial charge in [-0.15, -0.1) is 4.91 Å². The Morgan fingerprint density at radius 1 is 1.25 bits per heavy atom. The van der Waals surface area contributed by atoms with Gasteiger partial charge >= 0.3 is 0 Å². The Morgan fingerprint density at radius 2 is 2.00 bits per heavy atom. The summed E-state index contributed by atoms with van der Waals surface area (Å²) in [4.78, 5) is 11.1. The first-order valence-corrected chi connectivity index (χ1v) is 8.43. The summed E-state index contributed by atoms with van der Waals surface area (Å²) < 4.78 is 8.25. The summed E-state index contributed by atoms with van der Waals surface area (Å²) in [6, 6.07) is 13.3. The predicted molar refractivity (Wildman–Crippen MR) is 98.0 cm³/mol. The van der Waals surface area contributed by atoms with Gasteiger partial charge in [-0.1, -0.05) is 34.1 Å². The maximum Gasteiger partial charge on any atom is 0.222 e. The number of halogens is 1. The zero-order valence-electron chi connectivity index (χ0n) is 13.2. The average Bonchev–Trinajstić information content (AvgIpc) is 2.84. The van der Waals surface area contributed by atoms with E-state index in [0.717, 1.165) is 21.3 Å². The van der Waals surface area contributed by atoms with E-state index in [9.17, 15) is 10.0 Å². The summed E-state index contributed by atoms with van der Waals surface area (Å²) in [5.74, 6) is 0.718. The zero-order chi connectivity index (χ0) is 17.1. The third kappa shape index (κ3) is 3.14. The van der Waals surface area contributed by atoms with Gasteiger partial charge in [0, 0.05) is 16.4 Å². The number of ether oxygens (including phenoxy) is 1. The maximum absolute atomic E-state index is 11.1. The Morgan fingerprint density at radius 3 is 2.71 bits per heavy atom. The Balaban J connectivity index is 1.81. The molecule has 1 aromatic heterocycles. The topological polar surface area (TPSA) is 63.8 Å². The monoisotopic (exact) mass is 388 g/mol. The van der Waals surface area contributed by atoms with E-state index < -0.39 is 0 Å². The van der Waals surface area contributed by atoms with Crippen LogP contribution in [0.5, 0.6) is 11.6 Å². The normalized spacial score (nSPS) is 10.9. The highest BCUT2D eigenvalue weighted by Gasteiger charge is 2.19. The number of nitroso groups, excluding NO2 is 1. The minimum atomic E-state index is -0.0964. The lowest BCUT2D eigenvalue weighted by atomic mass is 10.1. The largest absolute Gasteiger partial charge is 0.494 e. The van der Waals surface area contributed by atoms with Gasteiger partial charge in [-0.3, -0.25) is 0 Å². The summed E-state index contributed by atoms with van der Waals surface area (Å²) in [7, 11) is 0. The molecule has 1 N–H and O–H groups in total. The molecule has 0 amide bonds. The van der Waals surface area contributed by atoms with Crippen LogP contribution in [0.3, 0.4) is 0 Å². The molecule has 0 bridgehead atoms. The van der Waals surface area contributed by atoms with Crippen molar-refractivity contribution in [3.63, 3.8) is 0 Å². The third-order valence-corrected chi connectivity index (χ3v) is 4.34. The molecule has 24 heavy (non-hydrogen) atoms. The summed E-state index contributed by atoms with van der Waals surface area (Å²) in [5.41, 5.74) is 1.87. The molecule has 0 aliphatic heterocycles. The number of hydrogen-bond acceptors (Lipinski definition) is 4. The van der Waals surface area contributed by atoms with Gasteiger partial charge < -0.3 is 14.4 Å². The van der Waals surface area contributed by atoms with Crippen LogP contribution >= 0.6 is 15.9 Å². The molecule has 5 nitrogen and oxygen atoms in total. The summed E-state index contributed by atoms with van der Waals surface area (Å²) in [6.07, 6.45) is 0.694. The highest BCUT2D eigenvalue weighted by Crippen LogP contribution is 2.41. The number of hydrogen-bond donors (Lipinski definition) is 1. The number of aromatic nitrogens is 1. The van der Waals surface area contributed by atoms with Crippen LogP contribution in [-0.2, 0) is 6.54 Å². The van der Waals surface area contributed by atoms with Crippen LogP contribution in [0.25, 0.3) is 10.9 Å². The molecule has 0 spiro atoms. The molecule has 0 saturated heterocycles. The second-order valence-corrected chi connectivity index (χ2v) is 6.46. The second kappa shape index (κ2) is 7.05. The van der Waals surface area contributed by atoms with Crippen molar-refractivity contribution >= 4 is 32.5 Å². The predicted octanol–water partition coefficient (Wildman–Crippen LogP) is 5.28. The van der Waals surface area contributed by atoms with Crippen LogP contribution in [-0.4, -0.2) is 16.3 Å². The summed E-state index contributed by atoms with van der Waals surface area (Å²) in [6.45, 7) is 2.99. The number of nitrogens with zero attached hydrogens (tertiary/aromatic N) is 2. The lowest BCUT2D eigenvalue weighted by Crippen LogP contribution is -2.04. The van der Waals surface area contributed by atoms with Crippen molar-refractivity contribution in [2.24, 2.45) is 5.18 Å². The van der Waals surface area contributed by atoms with Crippen molar-refractivity contribution in [1.29, 1.82) is 0 Å². The fourth-order valence-electron chi connectivity index (χ4n) is 2.87. The van der Waals surface area contributed by atoms with Crippen LogP contribution in [0.2, 0.25) is 0 Å². The first kappa shape index (κ1) is 16.5. The number of aryl methyl sites for hydroxylation is 2. The van der Waals surface area contributed by atoms with E-state index in [1.165, 1.54) is 0 Å². The Labute approximate surface area is 148 Å². The van der Waals surface area contributed by atoms with E-state index in [1.807, 2.05) is 43.3 Å². The Hall–Kier alpha value is -2.34. The fraction of sp³-hybridized carbons (Fsp3) is 0.222. The van der Waals surface area contributed by atoms with Crippen molar-refractivity contribution in [2.45, 2.75) is 19.9 Å². The molecule has 0 aliphatic carbocycles. The molecule has 3 aromatic rings. The van der Waals surface area contributed by atoms with E-state index in [4.69, 9.17) is 4.74 Å².